The fraction of sp³-hybridized carbons (Fsp3) is 0.391. The first-order valence-corrected chi connectivity index (χ1v) is 10.0. The lowest BCUT2D eigenvalue weighted by Crippen LogP contribution is -2.22. The molecule has 1 aliphatic rings. The molecule has 2 aromatic heterocycles. The van der Waals surface area contributed by atoms with Crippen molar-refractivity contribution in [2.45, 2.75) is 39.7 Å². The second-order valence-corrected chi connectivity index (χ2v) is 7.40. The van der Waals surface area contributed by atoms with Crippen LogP contribution in [0, 0.1) is 13.8 Å². The minimum absolute atomic E-state index is 0.458. The molecule has 1 fully saturated rings. The molecule has 0 radical (unpaired) electrons. The maximum Gasteiger partial charge on any atom is 0.226 e. The predicted octanol–water partition coefficient (Wildman–Crippen LogP) is 4.57. The lowest BCUT2D eigenvalue weighted by atomic mass is 10.2. The van der Waals surface area contributed by atoms with Gasteiger partial charge in [-0.05, 0) is 76.2 Å². The molecule has 0 amide bonds. The van der Waals surface area contributed by atoms with E-state index in [-0.39, 0.29) is 0 Å². The van der Waals surface area contributed by atoms with Gasteiger partial charge in [-0.25, -0.2) is 4.98 Å². The molecule has 0 saturated carbocycles. The van der Waals surface area contributed by atoms with Gasteiger partial charge < -0.3 is 14.1 Å². The number of hydrogen-bond acceptors (Lipinski definition) is 5. The van der Waals surface area contributed by atoms with E-state index >= 15 is 0 Å². The smallest absolute Gasteiger partial charge is 0.226 e. The molecule has 1 saturated heterocycles. The van der Waals surface area contributed by atoms with Crippen LogP contribution >= 0.6 is 0 Å². The van der Waals surface area contributed by atoms with Gasteiger partial charge in [-0.1, -0.05) is 6.07 Å². The number of hydrogen-bond donors (Lipinski definition) is 0. The molecule has 0 spiro atoms. The van der Waals surface area contributed by atoms with Gasteiger partial charge in [0.05, 0.1) is 11.4 Å². The number of rotatable bonds is 7. The summed E-state index contributed by atoms with van der Waals surface area (Å²) in [5.41, 5.74) is 3.95. The summed E-state index contributed by atoms with van der Waals surface area (Å²) in [7, 11) is 0. The lowest BCUT2D eigenvalue weighted by Gasteiger charge is -2.12. The third kappa shape index (κ3) is 4.60. The molecular formula is C23H27N3O2. The zero-order valence-electron chi connectivity index (χ0n) is 16.6. The summed E-state index contributed by atoms with van der Waals surface area (Å²) >= 11 is 0. The van der Waals surface area contributed by atoms with E-state index in [1.54, 1.807) is 0 Å². The van der Waals surface area contributed by atoms with Crippen molar-refractivity contribution in [3.05, 3.63) is 65.3 Å². The molecule has 4 rings (SSSR count). The molecule has 3 heterocycles. The molecule has 146 valence electrons. The summed E-state index contributed by atoms with van der Waals surface area (Å²) in [5.74, 6) is 2.41. The second-order valence-electron chi connectivity index (χ2n) is 7.40. The highest BCUT2D eigenvalue weighted by Gasteiger charge is 2.15. The number of pyridine rings is 1. The molecule has 5 heteroatoms. The van der Waals surface area contributed by atoms with Gasteiger partial charge in [-0.3, -0.25) is 4.98 Å². The minimum atomic E-state index is 0.458. The van der Waals surface area contributed by atoms with Crippen molar-refractivity contribution < 1.29 is 9.15 Å². The number of oxazole rings is 1. The monoisotopic (exact) mass is 377 g/mol. The van der Waals surface area contributed by atoms with Gasteiger partial charge in [0.15, 0.2) is 0 Å². The molecule has 3 aromatic rings. The molecule has 0 aliphatic carbocycles. The third-order valence-corrected chi connectivity index (χ3v) is 5.19. The van der Waals surface area contributed by atoms with Crippen LogP contribution in [-0.2, 0) is 13.0 Å². The van der Waals surface area contributed by atoms with Crippen molar-refractivity contribution in [2.75, 3.05) is 19.6 Å². The number of ether oxygens (including phenoxy) is 1. The molecule has 1 aliphatic heterocycles. The van der Waals surface area contributed by atoms with E-state index in [1.165, 1.54) is 25.9 Å². The van der Waals surface area contributed by atoms with E-state index in [0.29, 0.717) is 12.5 Å². The standard InChI is InChI=1S/C23H27N3O2/c1-17-6-5-7-20(24-17)16-27-21-10-8-19(9-11-21)23-25-22(18(2)28-23)12-15-26-13-3-4-14-26/h5-11H,3-4,12-16H2,1-2H3. The van der Waals surface area contributed by atoms with Crippen molar-refractivity contribution in [3.63, 3.8) is 0 Å². The Morgan fingerprint density at radius 3 is 2.54 bits per heavy atom. The third-order valence-electron chi connectivity index (χ3n) is 5.19. The van der Waals surface area contributed by atoms with Crippen LogP contribution in [0.4, 0.5) is 0 Å². The Morgan fingerprint density at radius 1 is 1.00 bits per heavy atom. The summed E-state index contributed by atoms with van der Waals surface area (Å²) in [6.07, 6.45) is 3.58. The van der Waals surface area contributed by atoms with E-state index in [4.69, 9.17) is 14.1 Å². The summed E-state index contributed by atoms with van der Waals surface area (Å²) < 4.78 is 11.8. The van der Waals surface area contributed by atoms with Crippen molar-refractivity contribution in [3.8, 4) is 17.2 Å². The number of aryl methyl sites for hydroxylation is 2. The maximum absolute atomic E-state index is 5.92. The Kier molecular flexibility index (Phi) is 5.72. The Hall–Kier alpha value is -2.66. The fourth-order valence-electron chi connectivity index (χ4n) is 3.58. The molecular weight excluding hydrogens is 350 g/mol. The van der Waals surface area contributed by atoms with Crippen LogP contribution in [-0.4, -0.2) is 34.5 Å². The second kappa shape index (κ2) is 8.57. The van der Waals surface area contributed by atoms with Crippen LogP contribution in [0.15, 0.2) is 46.9 Å². The normalized spacial score (nSPS) is 14.5. The number of nitrogens with zero attached hydrogens (tertiary/aromatic N) is 3. The molecule has 1 aromatic carbocycles. The topological polar surface area (TPSA) is 51.4 Å². The Balaban J connectivity index is 1.37. The molecule has 28 heavy (non-hydrogen) atoms. The van der Waals surface area contributed by atoms with Gasteiger partial charge in [0, 0.05) is 24.2 Å². The summed E-state index contributed by atoms with van der Waals surface area (Å²) in [4.78, 5) is 11.7. The Labute approximate surface area is 166 Å². The number of benzene rings is 1. The van der Waals surface area contributed by atoms with E-state index in [9.17, 15) is 0 Å². The molecule has 5 nitrogen and oxygen atoms in total. The zero-order chi connectivity index (χ0) is 19.3. The number of likely N-dealkylation sites (tertiary alicyclic amines) is 1. The predicted molar refractivity (Wildman–Crippen MR) is 109 cm³/mol. The first kappa shape index (κ1) is 18.7. The summed E-state index contributed by atoms with van der Waals surface area (Å²) in [5, 5.41) is 0. The van der Waals surface area contributed by atoms with Gasteiger partial charge in [-0.2, -0.15) is 0 Å². The van der Waals surface area contributed by atoms with Crippen molar-refractivity contribution in [1.82, 2.24) is 14.9 Å². The van der Waals surface area contributed by atoms with Crippen LogP contribution in [0.25, 0.3) is 11.5 Å². The maximum atomic E-state index is 5.92. The fourth-order valence-corrected chi connectivity index (χ4v) is 3.58. The summed E-state index contributed by atoms with van der Waals surface area (Å²) in [6.45, 7) is 7.93. The van der Waals surface area contributed by atoms with E-state index < -0.39 is 0 Å². The van der Waals surface area contributed by atoms with E-state index in [0.717, 1.165) is 47.1 Å². The quantitative estimate of drug-likeness (QED) is 0.604. The highest BCUT2D eigenvalue weighted by molar-refractivity contribution is 5.55. The van der Waals surface area contributed by atoms with Gasteiger partial charge in [0.1, 0.15) is 18.1 Å². The number of aromatic nitrogens is 2. The van der Waals surface area contributed by atoms with Crippen LogP contribution in [0.2, 0.25) is 0 Å². The van der Waals surface area contributed by atoms with E-state index in [1.807, 2.05) is 56.3 Å². The van der Waals surface area contributed by atoms with Crippen LogP contribution in [0.1, 0.15) is 35.7 Å². The van der Waals surface area contributed by atoms with Gasteiger partial charge in [-0.15, -0.1) is 0 Å². The van der Waals surface area contributed by atoms with Gasteiger partial charge in [0.2, 0.25) is 5.89 Å². The average molecular weight is 377 g/mol. The van der Waals surface area contributed by atoms with Crippen LogP contribution in [0.3, 0.4) is 0 Å². The van der Waals surface area contributed by atoms with Crippen molar-refractivity contribution in [1.29, 1.82) is 0 Å². The lowest BCUT2D eigenvalue weighted by molar-refractivity contribution is 0.301. The van der Waals surface area contributed by atoms with Crippen LogP contribution in [0.5, 0.6) is 5.75 Å². The van der Waals surface area contributed by atoms with Gasteiger partial charge in [0.25, 0.3) is 0 Å². The highest BCUT2D eigenvalue weighted by Crippen LogP contribution is 2.25. The highest BCUT2D eigenvalue weighted by atomic mass is 16.5. The average Bonchev–Trinajstić information content (AvgIpc) is 3.35. The minimum Gasteiger partial charge on any atom is -0.487 e. The Bertz CT molecular complexity index is 912. The van der Waals surface area contributed by atoms with E-state index in [2.05, 4.69) is 9.88 Å². The SMILES string of the molecule is Cc1cccc(COc2ccc(-c3nc(CCN4CCCC4)c(C)o3)cc2)n1. The molecule has 0 bridgehead atoms. The summed E-state index contributed by atoms with van der Waals surface area (Å²) in [6, 6.07) is 13.8. The molecule has 0 unspecified atom stereocenters. The Morgan fingerprint density at radius 2 is 1.79 bits per heavy atom. The van der Waals surface area contributed by atoms with Crippen molar-refractivity contribution in [2.24, 2.45) is 0 Å². The zero-order valence-corrected chi connectivity index (χ0v) is 16.6. The van der Waals surface area contributed by atoms with Crippen LogP contribution < -0.4 is 4.74 Å². The molecule has 0 N–H and O–H groups in total. The van der Waals surface area contributed by atoms with Crippen molar-refractivity contribution >= 4 is 0 Å². The first-order chi connectivity index (χ1) is 13.7. The molecule has 0 atom stereocenters. The largest absolute Gasteiger partial charge is 0.487 e. The van der Waals surface area contributed by atoms with Gasteiger partial charge >= 0.3 is 0 Å². The first-order valence-electron chi connectivity index (χ1n) is 10.0.